The molecule has 2 aromatic heterocycles. The molecule has 0 radical (unpaired) electrons. The van der Waals surface area contributed by atoms with Crippen LogP contribution in [0.15, 0.2) is 72.6 Å². The van der Waals surface area contributed by atoms with Gasteiger partial charge in [-0.1, -0.05) is 42.5 Å². The van der Waals surface area contributed by atoms with E-state index in [9.17, 15) is 9.90 Å². The first-order chi connectivity index (χ1) is 15.5. The molecule has 1 amide bonds. The van der Waals surface area contributed by atoms with Crippen LogP contribution in [0.5, 0.6) is 5.75 Å². The van der Waals surface area contributed by atoms with Gasteiger partial charge in [0.2, 0.25) is 0 Å². The Hall–Kier alpha value is -4.27. The molecule has 2 heterocycles. The van der Waals surface area contributed by atoms with Gasteiger partial charge in [-0.15, -0.1) is 0 Å². The van der Waals surface area contributed by atoms with E-state index in [4.69, 9.17) is 5.73 Å². The Balaban J connectivity index is 1.46. The van der Waals surface area contributed by atoms with Crippen molar-refractivity contribution in [2.75, 3.05) is 18.4 Å². The Labute approximate surface area is 186 Å². The number of carbonyl (C=O) groups is 1. The van der Waals surface area contributed by atoms with Crippen molar-refractivity contribution in [3.05, 3.63) is 78.1 Å². The molecular weight excluding hydrogens is 403 g/mol. The van der Waals surface area contributed by atoms with E-state index in [0.717, 1.165) is 11.0 Å². The highest BCUT2D eigenvalue weighted by molar-refractivity contribution is 6.36. The summed E-state index contributed by atoms with van der Waals surface area (Å²) in [6.45, 7) is 0.806. The summed E-state index contributed by atoms with van der Waals surface area (Å²) in [6, 6.07) is 18.3. The summed E-state index contributed by atoms with van der Waals surface area (Å²) in [6.07, 6.45) is 3.37. The number of amides is 1. The number of para-hydroxylation sites is 1. The fourth-order valence-electron chi connectivity index (χ4n) is 3.29. The Morgan fingerprint density at radius 1 is 1.12 bits per heavy atom. The monoisotopic (exact) mass is 426 g/mol. The highest BCUT2D eigenvalue weighted by atomic mass is 16.3. The van der Waals surface area contributed by atoms with E-state index in [-0.39, 0.29) is 17.4 Å². The number of nitrogens with two attached hydrogens (primary N) is 1. The maximum atomic E-state index is 12.3. The van der Waals surface area contributed by atoms with Gasteiger partial charge in [0.25, 0.3) is 5.91 Å². The zero-order valence-corrected chi connectivity index (χ0v) is 17.6. The number of anilines is 1. The zero-order valence-electron chi connectivity index (χ0n) is 17.6. The van der Waals surface area contributed by atoms with Crippen molar-refractivity contribution < 1.29 is 9.90 Å². The second-order valence-electron chi connectivity index (χ2n) is 7.30. The molecule has 4 aromatic rings. The van der Waals surface area contributed by atoms with E-state index in [1.165, 1.54) is 0 Å². The number of rotatable bonds is 7. The molecule has 0 bridgehead atoms. The van der Waals surface area contributed by atoms with Crippen molar-refractivity contribution >= 4 is 36.8 Å². The van der Waals surface area contributed by atoms with Crippen molar-refractivity contribution in [1.82, 2.24) is 19.9 Å². The van der Waals surface area contributed by atoms with Crippen molar-refractivity contribution in [2.45, 2.75) is 0 Å². The smallest absolute Gasteiger partial charge is 0.267 e. The van der Waals surface area contributed by atoms with Gasteiger partial charge in [0.15, 0.2) is 5.65 Å². The van der Waals surface area contributed by atoms with Crippen molar-refractivity contribution in [1.29, 1.82) is 0 Å². The van der Waals surface area contributed by atoms with Crippen LogP contribution in [-0.2, 0) is 4.79 Å². The second-order valence-corrected chi connectivity index (χ2v) is 7.30. The van der Waals surface area contributed by atoms with Gasteiger partial charge >= 0.3 is 0 Å². The lowest BCUT2D eigenvalue weighted by atomic mass is 10.0. The molecule has 4 rings (SSSR count). The molecule has 0 saturated heterocycles. The molecule has 160 valence electrons. The average molecular weight is 426 g/mol. The SMILES string of the molecule is Bc1cnn2c(NCCNC(=O)/C(N)=C/c3ccccc3)cc(-c3ccccc3O)nc12. The van der Waals surface area contributed by atoms with Crippen LogP contribution in [0.3, 0.4) is 0 Å². The molecule has 32 heavy (non-hydrogen) atoms. The minimum absolute atomic E-state index is 0.145. The third-order valence-corrected chi connectivity index (χ3v) is 4.93. The maximum absolute atomic E-state index is 12.3. The summed E-state index contributed by atoms with van der Waals surface area (Å²) in [5.74, 6) is 0.518. The van der Waals surface area contributed by atoms with Gasteiger partial charge in [-0.05, 0) is 29.2 Å². The van der Waals surface area contributed by atoms with Gasteiger partial charge in [-0.3, -0.25) is 4.79 Å². The lowest BCUT2D eigenvalue weighted by molar-refractivity contribution is -0.117. The molecule has 9 heteroatoms. The van der Waals surface area contributed by atoms with E-state index in [2.05, 4.69) is 20.7 Å². The summed E-state index contributed by atoms with van der Waals surface area (Å²) in [4.78, 5) is 16.9. The van der Waals surface area contributed by atoms with Crippen LogP contribution in [0.2, 0.25) is 0 Å². The number of carbonyl (C=O) groups excluding carboxylic acids is 1. The Morgan fingerprint density at radius 3 is 2.66 bits per heavy atom. The Morgan fingerprint density at radius 2 is 1.88 bits per heavy atom. The minimum Gasteiger partial charge on any atom is -0.507 e. The molecule has 0 aliphatic rings. The normalized spacial score (nSPS) is 11.4. The number of benzene rings is 2. The van der Waals surface area contributed by atoms with Crippen LogP contribution < -0.4 is 21.8 Å². The fourth-order valence-corrected chi connectivity index (χ4v) is 3.29. The van der Waals surface area contributed by atoms with Crippen molar-refractivity contribution in [3.63, 3.8) is 0 Å². The van der Waals surface area contributed by atoms with E-state index in [0.29, 0.717) is 35.8 Å². The molecule has 0 aliphatic carbocycles. The predicted octanol–water partition coefficient (Wildman–Crippen LogP) is 0.888. The molecule has 0 unspecified atom stereocenters. The van der Waals surface area contributed by atoms with Gasteiger partial charge in [0.05, 0.1) is 11.4 Å². The summed E-state index contributed by atoms with van der Waals surface area (Å²) < 4.78 is 1.70. The first kappa shape index (κ1) is 21.0. The third kappa shape index (κ3) is 4.56. The number of hydrogen-bond donors (Lipinski definition) is 4. The van der Waals surface area contributed by atoms with Gasteiger partial charge in [-0.25, -0.2) is 4.98 Å². The molecule has 0 aliphatic heterocycles. The topological polar surface area (TPSA) is 118 Å². The zero-order chi connectivity index (χ0) is 22.5. The van der Waals surface area contributed by atoms with Crippen molar-refractivity contribution in [2.24, 2.45) is 5.73 Å². The number of hydrogen-bond acceptors (Lipinski definition) is 6. The molecule has 8 nitrogen and oxygen atoms in total. The lowest BCUT2D eigenvalue weighted by Crippen LogP contribution is -2.32. The Bertz CT molecular complexity index is 1290. The molecule has 5 N–H and O–H groups in total. The van der Waals surface area contributed by atoms with Crippen molar-refractivity contribution in [3.8, 4) is 17.0 Å². The second kappa shape index (κ2) is 9.26. The lowest BCUT2D eigenvalue weighted by Gasteiger charge is -2.12. The van der Waals surface area contributed by atoms with Crippen LogP contribution in [0, 0.1) is 0 Å². The number of fused-ring (bicyclic) bond motifs is 1. The number of aromatic nitrogens is 3. The van der Waals surface area contributed by atoms with Crippen LogP contribution in [0.25, 0.3) is 23.0 Å². The fraction of sp³-hybridized carbons (Fsp3) is 0.0870. The first-order valence-corrected chi connectivity index (χ1v) is 10.2. The first-order valence-electron chi connectivity index (χ1n) is 10.2. The molecule has 0 spiro atoms. The molecule has 0 fully saturated rings. The number of phenolic OH excluding ortho intramolecular Hbond substituents is 1. The maximum Gasteiger partial charge on any atom is 0.267 e. The molecule has 0 atom stereocenters. The molecule has 0 saturated carbocycles. The van der Waals surface area contributed by atoms with Crippen LogP contribution in [-0.4, -0.2) is 46.5 Å². The summed E-state index contributed by atoms with van der Waals surface area (Å²) >= 11 is 0. The van der Waals surface area contributed by atoms with Crippen LogP contribution in [0.1, 0.15) is 5.56 Å². The van der Waals surface area contributed by atoms with E-state index < -0.39 is 0 Å². The highest BCUT2D eigenvalue weighted by Gasteiger charge is 2.13. The highest BCUT2D eigenvalue weighted by Crippen LogP contribution is 2.29. The van der Waals surface area contributed by atoms with Gasteiger partial charge in [0, 0.05) is 30.9 Å². The van der Waals surface area contributed by atoms with Crippen LogP contribution in [0.4, 0.5) is 5.82 Å². The quantitative estimate of drug-likeness (QED) is 0.198. The summed E-state index contributed by atoms with van der Waals surface area (Å²) in [7, 11) is 1.93. The standard InChI is InChI=1S/C23H23BN6O2/c24-17-14-28-30-21(13-19(29-22(17)30)16-8-4-5-9-20(16)31)26-10-11-27-23(32)18(25)12-15-6-2-1-3-7-15/h1-9,12-14,26,31H,10-11,24-25H2,(H,27,32)/b18-12-. The minimum atomic E-state index is -0.333. The van der Waals surface area contributed by atoms with Crippen LogP contribution >= 0.6 is 0 Å². The molecule has 2 aromatic carbocycles. The third-order valence-electron chi connectivity index (χ3n) is 4.93. The number of nitrogens with one attached hydrogen (secondary N) is 2. The average Bonchev–Trinajstić information content (AvgIpc) is 3.18. The molecular formula is C23H23BN6O2. The number of phenols is 1. The number of nitrogens with zero attached hydrogens (tertiary/aromatic N) is 3. The number of aromatic hydroxyl groups is 1. The van der Waals surface area contributed by atoms with E-state index in [1.54, 1.807) is 28.9 Å². The largest absolute Gasteiger partial charge is 0.507 e. The van der Waals surface area contributed by atoms with E-state index >= 15 is 0 Å². The predicted molar refractivity (Wildman–Crippen MR) is 128 cm³/mol. The summed E-state index contributed by atoms with van der Waals surface area (Å²) in [5.41, 5.74) is 9.77. The van der Waals surface area contributed by atoms with E-state index in [1.807, 2.05) is 56.4 Å². The van der Waals surface area contributed by atoms with Gasteiger partial charge in [-0.2, -0.15) is 9.61 Å². The van der Waals surface area contributed by atoms with Gasteiger partial charge < -0.3 is 21.5 Å². The van der Waals surface area contributed by atoms with Gasteiger partial charge in [0.1, 0.15) is 19.4 Å². The Kier molecular flexibility index (Phi) is 6.07. The summed E-state index contributed by atoms with van der Waals surface area (Å²) in [5, 5.41) is 20.7.